The van der Waals surface area contributed by atoms with Gasteiger partial charge < -0.3 is 10.1 Å². The molecule has 2 unspecified atom stereocenters. The highest BCUT2D eigenvalue weighted by Crippen LogP contribution is 2.19. The van der Waals surface area contributed by atoms with Crippen molar-refractivity contribution in [2.75, 3.05) is 13.2 Å². The fourth-order valence-corrected chi connectivity index (χ4v) is 2.76. The Morgan fingerprint density at radius 2 is 1.95 bits per heavy atom. The van der Waals surface area contributed by atoms with Crippen LogP contribution in [0.25, 0.3) is 0 Å². The van der Waals surface area contributed by atoms with Gasteiger partial charge in [-0.25, -0.2) is 0 Å². The molecule has 1 aromatic carbocycles. The van der Waals surface area contributed by atoms with Crippen LogP contribution in [-0.2, 0) is 16.0 Å². The number of hydrogen-bond acceptors (Lipinski definition) is 3. The van der Waals surface area contributed by atoms with Crippen molar-refractivity contribution in [3.05, 3.63) is 35.4 Å². The summed E-state index contributed by atoms with van der Waals surface area (Å²) >= 11 is 0. The van der Waals surface area contributed by atoms with Gasteiger partial charge >= 0.3 is 5.97 Å². The Hall–Kier alpha value is -1.06. The van der Waals surface area contributed by atoms with Gasteiger partial charge in [0.05, 0.1) is 5.92 Å². The number of rotatable bonds is 6. The number of hydrogen-bond donors (Lipinski definition) is 1. The standard InChI is InChI=1S/C18H27NO2.ClH/c1-13(2)11-15-6-8-16(9-7-15)14(3)18(20)21-12-17-5-4-10-19-17;/h6-9,13-14,17,19H,4-5,10-12H2,1-3H3;1H. The molecule has 4 heteroatoms. The fourth-order valence-electron chi connectivity index (χ4n) is 2.76. The van der Waals surface area contributed by atoms with Crippen molar-refractivity contribution >= 4 is 18.4 Å². The maximum atomic E-state index is 12.1. The number of carbonyl (C=O) groups is 1. The summed E-state index contributed by atoms with van der Waals surface area (Å²) in [6.07, 6.45) is 3.35. The van der Waals surface area contributed by atoms with E-state index in [1.807, 2.05) is 6.92 Å². The molecule has 22 heavy (non-hydrogen) atoms. The van der Waals surface area contributed by atoms with Crippen LogP contribution in [0.2, 0.25) is 0 Å². The second kappa shape index (κ2) is 9.16. The van der Waals surface area contributed by atoms with Gasteiger partial charge in [-0.1, -0.05) is 38.1 Å². The van der Waals surface area contributed by atoms with E-state index in [-0.39, 0.29) is 24.3 Å². The second-order valence-corrected chi connectivity index (χ2v) is 6.48. The minimum Gasteiger partial charge on any atom is -0.464 e. The quantitative estimate of drug-likeness (QED) is 0.810. The lowest BCUT2D eigenvalue weighted by Crippen LogP contribution is -2.29. The van der Waals surface area contributed by atoms with Crippen LogP contribution in [0, 0.1) is 5.92 Å². The number of nitrogens with one attached hydrogen (secondary N) is 1. The van der Waals surface area contributed by atoms with Gasteiger partial charge in [0, 0.05) is 6.04 Å². The van der Waals surface area contributed by atoms with E-state index in [4.69, 9.17) is 4.74 Å². The summed E-state index contributed by atoms with van der Waals surface area (Å²) in [5.41, 5.74) is 2.36. The number of benzene rings is 1. The molecule has 0 amide bonds. The summed E-state index contributed by atoms with van der Waals surface area (Å²) in [5.74, 6) is 0.331. The number of esters is 1. The molecule has 124 valence electrons. The first-order valence-electron chi connectivity index (χ1n) is 8.05. The molecule has 1 aliphatic heterocycles. The van der Waals surface area contributed by atoms with Gasteiger partial charge in [-0.2, -0.15) is 0 Å². The van der Waals surface area contributed by atoms with Gasteiger partial charge in [0.1, 0.15) is 6.61 Å². The van der Waals surface area contributed by atoms with E-state index in [1.165, 1.54) is 12.0 Å². The molecule has 1 aliphatic rings. The molecule has 0 saturated carbocycles. The van der Waals surface area contributed by atoms with Crippen molar-refractivity contribution < 1.29 is 9.53 Å². The van der Waals surface area contributed by atoms with Gasteiger partial charge in [-0.3, -0.25) is 4.79 Å². The first-order chi connectivity index (χ1) is 10.1. The molecule has 1 fully saturated rings. The van der Waals surface area contributed by atoms with Crippen molar-refractivity contribution in [3.8, 4) is 0 Å². The molecule has 0 spiro atoms. The molecule has 2 atom stereocenters. The van der Waals surface area contributed by atoms with Crippen LogP contribution in [-0.4, -0.2) is 25.2 Å². The van der Waals surface area contributed by atoms with E-state index in [2.05, 4.69) is 43.4 Å². The summed E-state index contributed by atoms with van der Waals surface area (Å²) in [4.78, 5) is 12.1. The molecule has 1 aromatic rings. The van der Waals surface area contributed by atoms with E-state index < -0.39 is 0 Å². The SMILES string of the molecule is CC(C)Cc1ccc(C(C)C(=O)OCC2CCCN2)cc1.Cl. The Bertz CT molecular complexity index is 453. The van der Waals surface area contributed by atoms with Crippen LogP contribution in [0.1, 0.15) is 50.7 Å². The number of carbonyl (C=O) groups excluding carboxylic acids is 1. The van der Waals surface area contributed by atoms with E-state index in [0.29, 0.717) is 18.6 Å². The lowest BCUT2D eigenvalue weighted by molar-refractivity contribution is -0.145. The summed E-state index contributed by atoms with van der Waals surface area (Å²) in [7, 11) is 0. The summed E-state index contributed by atoms with van der Waals surface area (Å²) < 4.78 is 5.44. The van der Waals surface area contributed by atoms with Gasteiger partial charge in [0.2, 0.25) is 0 Å². The predicted octanol–water partition coefficient (Wildman–Crippen LogP) is 3.71. The highest BCUT2D eigenvalue weighted by Gasteiger charge is 2.20. The summed E-state index contributed by atoms with van der Waals surface area (Å²) in [6.45, 7) is 7.88. The minimum atomic E-state index is -0.195. The van der Waals surface area contributed by atoms with E-state index >= 15 is 0 Å². The third kappa shape index (κ3) is 5.62. The molecule has 1 heterocycles. The molecule has 0 aromatic heterocycles. The third-order valence-corrected chi connectivity index (χ3v) is 4.07. The number of ether oxygens (including phenoxy) is 1. The maximum absolute atomic E-state index is 12.1. The molecule has 0 bridgehead atoms. The zero-order chi connectivity index (χ0) is 15.2. The van der Waals surface area contributed by atoms with Crippen molar-refractivity contribution in [1.29, 1.82) is 0 Å². The molecule has 0 radical (unpaired) electrons. The Balaban J connectivity index is 0.00000242. The largest absolute Gasteiger partial charge is 0.464 e. The topological polar surface area (TPSA) is 38.3 Å². The zero-order valence-electron chi connectivity index (χ0n) is 13.8. The van der Waals surface area contributed by atoms with Gasteiger partial charge in [-0.15, -0.1) is 12.4 Å². The first kappa shape index (κ1) is 19.0. The fraction of sp³-hybridized carbons (Fsp3) is 0.611. The van der Waals surface area contributed by atoms with Crippen LogP contribution < -0.4 is 5.32 Å². The molecule has 2 rings (SSSR count). The predicted molar refractivity (Wildman–Crippen MR) is 92.6 cm³/mol. The van der Waals surface area contributed by atoms with Crippen molar-refractivity contribution in [2.45, 2.75) is 52.0 Å². The maximum Gasteiger partial charge on any atom is 0.313 e. The van der Waals surface area contributed by atoms with Crippen LogP contribution in [0.3, 0.4) is 0 Å². The summed E-state index contributed by atoms with van der Waals surface area (Å²) in [5, 5.41) is 3.34. The highest BCUT2D eigenvalue weighted by molar-refractivity contribution is 5.85. The van der Waals surface area contributed by atoms with Gasteiger partial charge in [0.25, 0.3) is 0 Å². The second-order valence-electron chi connectivity index (χ2n) is 6.48. The van der Waals surface area contributed by atoms with Gasteiger partial charge in [-0.05, 0) is 49.8 Å². The van der Waals surface area contributed by atoms with Crippen LogP contribution in [0.15, 0.2) is 24.3 Å². The molecule has 1 N–H and O–H groups in total. The Morgan fingerprint density at radius 1 is 1.27 bits per heavy atom. The average Bonchev–Trinajstić information content (AvgIpc) is 2.97. The number of halogens is 1. The normalized spacial score (nSPS) is 18.8. The van der Waals surface area contributed by atoms with Gasteiger partial charge in [0.15, 0.2) is 0 Å². The summed E-state index contributed by atoms with van der Waals surface area (Å²) in [6, 6.07) is 8.69. The van der Waals surface area contributed by atoms with Crippen LogP contribution in [0.4, 0.5) is 0 Å². The van der Waals surface area contributed by atoms with Crippen LogP contribution in [0.5, 0.6) is 0 Å². The monoisotopic (exact) mass is 325 g/mol. The molecule has 1 saturated heterocycles. The van der Waals surface area contributed by atoms with Crippen molar-refractivity contribution in [1.82, 2.24) is 5.32 Å². The molecule has 0 aliphatic carbocycles. The third-order valence-electron chi connectivity index (χ3n) is 4.07. The smallest absolute Gasteiger partial charge is 0.313 e. The zero-order valence-corrected chi connectivity index (χ0v) is 14.6. The highest BCUT2D eigenvalue weighted by atomic mass is 35.5. The van der Waals surface area contributed by atoms with Crippen molar-refractivity contribution in [3.63, 3.8) is 0 Å². The van der Waals surface area contributed by atoms with E-state index in [9.17, 15) is 4.79 Å². The van der Waals surface area contributed by atoms with Crippen LogP contribution >= 0.6 is 12.4 Å². The van der Waals surface area contributed by atoms with E-state index in [0.717, 1.165) is 24.9 Å². The Morgan fingerprint density at radius 3 is 2.50 bits per heavy atom. The van der Waals surface area contributed by atoms with E-state index in [1.54, 1.807) is 0 Å². The Labute approximate surface area is 140 Å². The first-order valence-corrected chi connectivity index (χ1v) is 8.05. The average molecular weight is 326 g/mol. The minimum absolute atomic E-state index is 0. The molecule has 3 nitrogen and oxygen atoms in total. The lowest BCUT2D eigenvalue weighted by Gasteiger charge is -2.15. The lowest BCUT2D eigenvalue weighted by atomic mass is 9.97. The molecular weight excluding hydrogens is 298 g/mol. The Kier molecular flexibility index (Phi) is 7.91. The van der Waals surface area contributed by atoms with Crippen molar-refractivity contribution in [2.24, 2.45) is 5.92 Å². The molecular formula is C18H28ClNO2.